The maximum absolute atomic E-state index is 13.0. The fourth-order valence-corrected chi connectivity index (χ4v) is 4.57. The van der Waals surface area contributed by atoms with Crippen LogP contribution in [-0.2, 0) is 7.05 Å². The quantitative estimate of drug-likeness (QED) is 0.388. The molecule has 1 atom stereocenters. The molecule has 0 N–H and O–H groups in total. The van der Waals surface area contributed by atoms with Crippen molar-refractivity contribution in [2.75, 3.05) is 0 Å². The van der Waals surface area contributed by atoms with E-state index in [9.17, 15) is 4.79 Å². The lowest BCUT2D eigenvalue weighted by Gasteiger charge is -2.10. The predicted molar refractivity (Wildman–Crippen MR) is 104 cm³/mol. The molecule has 0 bridgehead atoms. The number of hydrogen-bond acceptors (Lipinski definition) is 7. The Morgan fingerprint density at radius 3 is 2.69 bits per heavy atom. The van der Waals surface area contributed by atoms with Crippen LogP contribution in [0.2, 0.25) is 0 Å². The molecule has 0 radical (unpaired) electrons. The van der Waals surface area contributed by atoms with Crippen LogP contribution in [0, 0.1) is 6.92 Å². The van der Waals surface area contributed by atoms with Gasteiger partial charge in [-0.05, 0) is 19.4 Å². The maximum atomic E-state index is 13.0. The highest BCUT2D eigenvalue weighted by molar-refractivity contribution is 7.99. The number of thioether (sulfide) groups is 1. The third-order valence-electron chi connectivity index (χ3n) is 4.03. The number of hydrogen-bond donors (Lipinski definition) is 0. The van der Waals surface area contributed by atoms with Crippen molar-refractivity contribution in [2.45, 2.75) is 24.3 Å². The van der Waals surface area contributed by atoms with E-state index in [0.29, 0.717) is 22.3 Å². The molecule has 0 saturated heterocycles. The zero-order valence-electron chi connectivity index (χ0n) is 14.5. The Labute approximate surface area is 157 Å². The number of benzene rings is 1. The van der Waals surface area contributed by atoms with Crippen molar-refractivity contribution in [2.24, 2.45) is 7.05 Å². The van der Waals surface area contributed by atoms with Crippen molar-refractivity contribution in [1.82, 2.24) is 19.7 Å². The van der Waals surface area contributed by atoms with Crippen molar-refractivity contribution >= 4 is 33.3 Å². The molecule has 0 fully saturated rings. The van der Waals surface area contributed by atoms with Gasteiger partial charge in [-0.2, -0.15) is 4.98 Å². The summed E-state index contributed by atoms with van der Waals surface area (Å²) in [7, 11) is 1.75. The van der Waals surface area contributed by atoms with Gasteiger partial charge >= 0.3 is 0 Å². The van der Waals surface area contributed by atoms with Crippen molar-refractivity contribution in [3.8, 4) is 11.1 Å². The topological polar surface area (TPSA) is 73.8 Å². The highest BCUT2D eigenvalue weighted by Crippen LogP contribution is 2.35. The number of thiophene rings is 1. The Hall–Kier alpha value is -2.45. The molecule has 26 heavy (non-hydrogen) atoms. The van der Waals surface area contributed by atoms with E-state index >= 15 is 0 Å². The standard InChI is InChI=1S/C18H16N4O2S2/c1-10(15-19-11(2)21-24-15)26-18-20-16-14(17(23)22(18)3)13(9-25-16)12-7-5-4-6-8-12/h4-10H,1-3H3. The second kappa shape index (κ2) is 6.69. The summed E-state index contributed by atoms with van der Waals surface area (Å²) in [5.41, 5.74) is 1.90. The summed E-state index contributed by atoms with van der Waals surface area (Å²) in [6.45, 7) is 3.74. The monoisotopic (exact) mass is 384 g/mol. The third kappa shape index (κ3) is 2.95. The van der Waals surface area contributed by atoms with Crippen molar-refractivity contribution in [1.29, 1.82) is 0 Å². The molecular weight excluding hydrogens is 368 g/mol. The van der Waals surface area contributed by atoms with Crippen molar-refractivity contribution in [3.63, 3.8) is 0 Å². The normalized spacial score (nSPS) is 12.6. The number of nitrogens with zero attached hydrogens (tertiary/aromatic N) is 4. The van der Waals surface area contributed by atoms with E-state index < -0.39 is 0 Å². The molecule has 0 spiro atoms. The summed E-state index contributed by atoms with van der Waals surface area (Å²) in [5, 5.41) is 7.01. The van der Waals surface area contributed by atoms with Gasteiger partial charge in [0.1, 0.15) is 4.83 Å². The molecule has 0 saturated carbocycles. The van der Waals surface area contributed by atoms with Crippen molar-refractivity contribution < 1.29 is 4.52 Å². The van der Waals surface area contributed by atoms with E-state index in [4.69, 9.17) is 9.51 Å². The molecule has 4 rings (SSSR count). The van der Waals surface area contributed by atoms with E-state index in [1.54, 1.807) is 18.5 Å². The van der Waals surface area contributed by atoms with Gasteiger partial charge in [0.25, 0.3) is 5.56 Å². The molecular formula is C18H16N4O2S2. The zero-order valence-corrected chi connectivity index (χ0v) is 16.1. The van der Waals surface area contributed by atoms with Gasteiger partial charge in [-0.15, -0.1) is 11.3 Å². The van der Waals surface area contributed by atoms with Crippen LogP contribution in [0.15, 0.2) is 50.2 Å². The summed E-state index contributed by atoms with van der Waals surface area (Å²) in [5.74, 6) is 1.12. The van der Waals surface area contributed by atoms with Crippen LogP contribution < -0.4 is 5.56 Å². The highest BCUT2D eigenvalue weighted by Gasteiger charge is 2.20. The molecule has 0 aliphatic carbocycles. The molecule has 8 heteroatoms. The van der Waals surface area contributed by atoms with E-state index in [-0.39, 0.29) is 10.8 Å². The maximum Gasteiger partial charge on any atom is 0.263 e. The highest BCUT2D eigenvalue weighted by atomic mass is 32.2. The first-order valence-corrected chi connectivity index (χ1v) is 9.81. The number of aromatic nitrogens is 4. The number of fused-ring (bicyclic) bond motifs is 1. The van der Waals surface area contributed by atoms with Gasteiger partial charge in [-0.1, -0.05) is 47.3 Å². The number of rotatable bonds is 4. The van der Waals surface area contributed by atoms with Gasteiger partial charge in [-0.3, -0.25) is 9.36 Å². The van der Waals surface area contributed by atoms with E-state index in [0.717, 1.165) is 16.0 Å². The van der Waals surface area contributed by atoms with Crippen LogP contribution in [0.1, 0.15) is 23.9 Å². The van der Waals surface area contributed by atoms with E-state index in [1.807, 2.05) is 42.6 Å². The minimum Gasteiger partial charge on any atom is -0.338 e. The zero-order chi connectivity index (χ0) is 18.3. The summed E-state index contributed by atoms with van der Waals surface area (Å²) < 4.78 is 6.81. The SMILES string of the molecule is Cc1noc(C(C)Sc2nc3scc(-c4ccccc4)c3c(=O)n2C)n1. The van der Waals surface area contributed by atoms with Gasteiger partial charge in [-0.25, -0.2) is 4.98 Å². The Bertz CT molecular complexity index is 1130. The largest absolute Gasteiger partial charge is 0.338 e. The molecule has 0 aliphatic rings. The molecule has 0 amide bonds. The van der Waals surface area contributed by atoms with Crippen LogP contribution in [0.4, 0.5) is 0 Å². The molecule has 6 nitrogen and oxygen atoms in total. The molecule has 1 unspecified atom stereocenters. The van der Waals surface area contributed by atoms with Crippen LogP contribution in [-0.4, -0.2) is 19.7 Å². The molecule has 4 aromatic rings. The summed E-state index contributed by atoms with van der Waals surface area (Å²) >= 11 is 2.92. The Balaban J connectivity index is 1.77. The van der Waals surface area contributed by atoms with Gasteiger partial charge in [0.2, 0.25) is 5.89 Å². The fourth-order valence-electron chi connectivity index (χ4n) is 2.68. The lowest BCUT2D eigenvalue weighted by molar-refractivity contribution is 0.376. The second-order valence-corrected chi connectivity index (χ2v) is 8.06. The van der Waals surface area contributed by atoms with Crippen molar-refractivity contribution in [3.05, 3.63) is 57.8 Å². The Morgan fingerprint density at radius 2 is 2.00 bits per heavy atom. The lowest BCUT2D eigenvalue weighted by atomic mass is 10.1. The fraction of sp³-hybridized carbons (Fsp3) is 0.222. The average molecular weight is 384 g/mol. The first-order chi connectivity index (χ1) is 12.5. The van der Waals surface area contributed by atoms with Gasteiger partial charge in [0.05, 0.1) is 10.6 Å². The van der Waals surface area contributed by atoms with Crippen LogP contribution in [0.3, 0.4) is 0 Å². The first-order valence-electron chi connectivity index (χ1n) is 8.05. The van der Waals surface area contributed by atoms with Crippen LogP contribution >= 0.6 is 23.1 Å². The summed E-state index contributed by atoms with van der Waals surface area (Å²) in [4.78, 5) is 22.7. The number of aryl methyl sites for hydroxylation is 1. The van der Waals surface area contributed by atoms with Gasteiger partial charge in [0, 0.05) is 18.0 Å². The summed E-state index contributed by atoms with van der Waals surface area (Å²) in [6, 6.07) is 9.90. The second-order valence-electron chi connectivity index (χ2n) is 5.89. The average Bonchev–Trinajstić information content (AvgIpc) is 3.26. The van der Waals surface area contributed by atoms with Gasteiger partial charge < -0.3 is 4.52 Å². The molecule has 0 aliphatic heterocycles. The van der Waals surface area contributed by atoms with Crippen LogP contribution in [0.25, 0.3) is 21.3 Å². The third-order valence-corrected chi connectivity index (χ3v) is 6.04. The van der Waals surface area contributed by atoms with Crippen LogP contribution in [0.5, 0.6) is 0 Å². The van der Waals surface area contributed by atoms with E-state index in [2.05, 4.69) is 10.1 Å². The molecule has 132 valence electrons. The molecule has 3 aromatic heterocycles. The first kappa shape index (κ1) is 17.0. The van der Waals surface area contributed by atoms with E-state index in [1.165, 1.54) is 23.1 Å². The lowest BCUT2D eigenvalue weighted by Crippen LogP contribution is -2.20. The molecule has 1 aromatic carbocycles. The summed E-state index contributed by atoms with van der Waals surface area (Å²) in [6.07, 6.45) is 0. The van der Waals surface area contributed by atoms with Gasteiger partial charge in [0.15, 0.2) is 11.0 Å². The Kier molecular flexibility index (Phi) is 4.37. The molecule has 3 heterocycles. The minimum atomic E-state index is -0.0969. The minimum absolute atomic E-state index is 0.0495. The Morgan fingerprint density at radius 1 is 1.23 bits per heavy atom. The smallest absolute Gasteiger partial charge is 0.263 e. The predicted octanol–water partition coefficient (Wildman–Crippen LogP) is 4.21.